The zero-order chi connectivity index (χ0) is 26.1. The van der Waals surface area contributed by atoms with E-state index in [1.807, 2.05) is 24.3 Å². The molecule has 0 amide bonds. The molecule has 0 aliphatic rings. The molecule has 0 spiro atoms. The van der Waals surface area contributed by atoms with Gasteiger partial charge in [-0.15, -0.1) is 0 Å². The third-order valence-electron chi connectivity index (χ3n) is 5.15. The number of carbonyl (C=O) groups excluding carboxylic acids is 1. The molecule has 9 heteroatoms. The molecule has 3 aromatic carbocycles. The number of hydrogen-bond acceptors (Lipinski definition) is 8. The third-order valence-corrected chi connectivity index (χ3v) is 5.15. The zero-order valence-corrected chi connectivity index (χ0v) is 20.2. The van der Waals surface area contributed by atoms with E-state index >= 15 is 0 Å². The molecule has 0 aliphatic carbocycles. The highest BCUT2D eigenvalue weighted by Crippen LogP contribution is 2.36. The molecule has 0 radical (unpaired) electrons. The van der Waals surface area contributed by atoms with Crippen molar-refractivity contribution in [2.24, 2.45) is 0 Å². The van der Waals surface area contributed by atoms with E-state index in [4.69, 9.17) is 23.7 Å². The van der Waals surface area contributed by atoms with E-state index in [0.29, 0.717) is 23.0 Å². The van der Waals surface area contributed by atoms with Crippen LogP contribution in [0.4, 0.5) is 5.69 Å². The average molecular weight is 491 g/mol. The summed E-state index contributed by atoms with van der Waals surface area (Å²) < 4.78 is 26.8. The van der Waals surface area contributed by atoms with Crippen molar-refractivity contribution in [2.45, 2.75) is 0 Å². The second-order valence-electron chi connectivity index (χ2n) is 7.25. The molecule has 0 bridgehead atoms. The van der Waals surface area contributed by atoms with Crippen LogP contribution < -0.4 is 23.7 Å². The Hall–Kier alpha value is -4.79. The fraction of sp³-hybridized carbons (Fsp3) is 0.148. The van der Waals surface area contributed by atoms with Gasteiger partial charge in [-0.05, 0) is 53.1 Å². The van der Waals surface area contributed by atoms with Gasteiger partial charge in [-0.1, -0.05) is 24.3 Å². The molecule has 0 aliphatic heterocycles. The predicted octanol–water partition coefficient (Wildman–Crippen LogP) is 5.22. The Morgan fingerprint density at radius 1 is 0.750 bits per heavy atom. The van der Waals surface area contributed by atoms with Gasteiger partial charge in [0.25, 0.3) is 5.69 Å². The quantitative estimate of drug-likeness (QED) is 0.0949. The summed E-state index contributed by atoms with van der Waals surface area (Å²) in [4.78, 5) is 22.6. The lowest BCUT2D eigenvalue weighted by Gasteiger charge is -2.14. The number of nitrogens with zero attached hydrogens (tertiary/aromatic N) is 1. The van der Waals surface area contributed by atoms with E-state index in [-0.39, 0.29) is 11.4 Å². The molecule has 0 fully saturated rings. The summed E-state index contributed by atoms with van der Waals surface area (Å²) in [5, 5.41) is 10.8. The van der Waals surface area contributed by atoms with Gasteiger partial charge in [0.15, 0.2) is 23.0 Å². The molecule has 186 valence electrons. The summed E-state index contributed by atoms with van der Waals surface area (Å²) in [6.07, 6.45) is 4.55. The Morgan fingerprint density at radius 3 is 1.69 bits per heavy atom. The van der Waals surface area contributed by atoms with E-state index in [0.717, 1.165) is 16.7 Å². The molecule has 0 saturated heterocycles. The van der Waals surface area contributed by atoms with Gasteiger partial charge in [-0.25, -0.2) is 4.79 Å². The van der Waals surface area contributed by atoms with Crippen molar-refractivity contribution >= 4 is 17.2 Å². The Morgan fingerprint density at radius 2 is 1.25 bits per heavy atom. The minimum Gasteiger partial charge on any atom is -0.493 e. The van der Waals surface area contributed by atoms with Crippen LogP contribution in [0.15, 0.2) is 78.9 Å². The molecule has 3 rings (SSSR count). The highest BCUT2D eigenvalue weighted by molar-refractivity contribution is 5.87. The summed E-state index contributed by atoms with van der Waals surface area (Å²) in [5.41, 5.74) is 2.26. The van der Waals surface area contributed by atoms with Gasteiger partial charge in [0.1, 0.15) is 5.75 Å². The van der Waals surface area contributed by atoms with Gasteiger partial charge in [0.05, 0.1) is 33.4 Å². The minimum atomic E-state index is -0.640. The van der Waals surface area contributed by atoms with Gasteiger partial charge in [0, 0.05) is 18.2 Å². The largest absolute Gasteiger partial charge is 0.493 e. The van der Waals surface area contributed by atoms with Crippen molar-refractivity contribution in [1.29, 1.82) is 0 Å². The maximum atomic E-state index is 12.3. The summed E-state index contributed by atoms with van der Waals surface area (Å²) in [6.45, 7) is 0. The van der Waals surface area contributed by atoms with Crippen molar-refractivity contribution < 1.29 is 33.4 Å². The van der Waals surface area contributed by atoms with Crippen LogP contribution in [0.25, 0.3) is 5.57 Å². The average Bonchev–Trinajstić information content (AvgIpc) is 2.90. The lowest BCUT2D eigenvalue weighted by atomic mass is 9.96. The van der Waals surface area contributed by atoms with Crippen molar-refractivity contribution in [3.8, 4) is 28.7 Å². The number of esters is 1. The zero-order valence-electron chi connectivity index (χ0n) is 20.2. The lowest BCUT2D eigenvalue weighted by molar-refractivity contribution is -0.384. The molecule has 9 nitrogen and oxygen atoms in total. The van der Waals surface area contributed by atoms with Crippen LogP contribution in [0, 0.1) is 10.1 Å². The number of methoxy groups -OCH3 is 4. The normalized spacial score (nSPS) is 10.4. The number of nitro groups is 1. The first-order valence-electron chi connectivity index (χ1n) is 10.7. The van der Waals surface area contributed by atoms with Crippen LogP contribution in [0.1, 0.15) is 11.1 Å². The number of non-ortho nitro benzene ring substituents is 1. The predicted molar refractivity (Wildman–Crippen MR) is 134 cm³/mol. The SMILES string of the molecule is COc1ccc(C(=CC=CC(=O)Oc2ccc([N+](=O)[O-])cc2)c2ccc(OC)c(OC)c2)cc1OC. The number of benzene rings is 3. The van der Waals surface area contributed by atoms with Gasteiger partial charge >= 0.3 is 5.97 Å². The number of nitro benzene ring substituents is 1. The lowest BCUT2D eigenvalue weighted by Crippen LogP contribution is -2.03. The second-order valence-corrected chi connectivity index (χ2v) is 7.25. The Balaban J connectivity index is 1.94. The summed E-state index contributed by atoms with van der Waals surface area (Å²) in [6, 6.07) is 16.2. The fourth-order valence-corrected chi connectivity index (χ4v) is 3.38. The maximum Gasteiger partial charge on any atom is 0.336 e. The maximum absolute atomic E-state index is 12.3. The standard InChI is InChI=1S/C27H25NO8/c1-32-23-14-8-18(16-25(23)34-3)22(19-9-15-24(33-2)26(17-19)35-4)6-5-7-27(29)36-21-12-10-20(11-13-21)28(30)31/h5-17H,1-4H3. The fourth-order valence-electron chi connectivity index (χ4n) is 3.38. The van der Waals surface area contributed by atoms with Gasteiger partial charge in [0.2, 0.25) is 0 Å². The molecule has 0 atom stereocenters. The van der Waals surface area contributed by atoms with E-state index in [9.17, 15) is 14.9 Å². The first-order valence-corrected chi connectivity index (χ1v) is 10.7. The summed E-state index contributed by atoms with van der Waals surface area (Å²) in [7, 11) is 6.22. The van der Waals surface area contributed by atoms with Gasteiger partial charge in [-0.2, -0.15) is 0 Å². The van der Waals surface area contributed by atoms with Crippen LogP contribution in [0.3, 0.4) is 0 Å². The highest BCUT2D eigenvalue weighted by Gasteiger charge is 2.13. The minimum absolute atomic E-state index is 0.0947. The number of ether oxygens (including phenoxy) is 5. The van der Waals surface area contributed by atoms with Crippen LogP contribution in [-0.4, -0.2) is 39.3 Å². The molecule has 0 unspecified atom stereocenters. The van der Waals surface area contributed by atoms with Crippen molar-refractivity contribution in [3.63, 3.8) is 0 Å². The van der Waals surface area contributed by atoms with E-state index in [1.54, 1.807) is 52.7 Å². The van der Waals surface area contributed by atoms with E-state index < -0.39 is 10.9 Å². The second kappa shape index (κ2) is 12.1. The van der Waals surface area contributed by atoms with E-state index in [2.05, 4.69) is 0 Å². The molecule has 36 heavy (non-hydrogen) atoms. The molecule has 0 saturated carbocycles. The molecular formula is C27H25NO8. The summed E-state index contributed by atoms with van der Waals surface area (Å²) >= 11 is 0. The Bertz CT molecular complexity index is 1240. The summed E-state index contributed by atoms with van der Waals surface area (Å²) in [5.74, 6) is 1.80. The van der Waals surface area contributed by atoms with Crippen molar-refractivity contribution in [1.82, 2.24) is 0 Å². The van der Waals surface area contributed by atoms with Crippen LogP contribution in [0.2, 0.25) is 0 Å². The first kappa shape index (κ1) is 25.8. The third kappa shape index (κ3) is 6.20. The smallest absolute Gasteiger partial charge is 0.336 e. The number of allylic oxidation sites excluding steroid dienone is 2. The van der Waals surface area contributed by atoms with Crippen LogP contribution in [-0.2, 0) is 4.79 Å². The molecular weight excluding hydrogens is 466 g/mol. The number of rotatable bonds is 10. The first-order chi connectivity index (χ1) is 17.4. The van der Waals surface area contributed by atoms with E-state index in [1.165, 1.54) is 30.3 Å². The van der Waals surface area contributed by atoms with Crippen molar-refractivity contribution in [2.75, 3.05) is 28.4 Å². The Kier molecular flexibility index (Phi) is 8.66. The van der Waals surface area contributed by atoms with Crippen LogP contribution in [0.5, 0.6) is 28.7 Å². The molecule has 0 N–H and O–H groups in total. The molecule has 0 heterocycles. The van der Waals surface area contributed by atoms with Crippen LogP contribution >= 0.6 is 0 Å². The monoisotopic (exact) mass is 491 g/mol. The topological polar surface area (TPSA) is 106 Å². The van der Waals surface area contributed by atoms with Gasteiger partial charge in [-0.3, -0.25) is 10.1 Å². The number of hydrogen-bond donors (Lipinski definition) is 0. The van der Waals surface area contributed by atoms with Crippen molar-refractivity contribution in [3.05, 3.63) is 100 Å². The number of carbonyl (C=O) groups is 1. The Labute approximate surface area is 208 Å². The molecule has 0 aromatic heterocycles. The molecule has 3 aromatic rings. The highest BCUT2D eigenvalue weighted by atomic mass is 16.6. The van der Waals surface area contributed by atoms with Gasteiger partial charge < -0.3 is 23.7 Å².